The van der Waals surface area contributed by atoms with Crippen molar-refractivity contribution in [2.45, 2.75) is 48.4 Å². The summed E-state index contributed by atoms with van der Waals surface area (Å²) in [6.07, 6.45) is -4.76. The molecule has 0 bridgehead atoms. The Morgan fingerprint density at radius 3 is 1.27 bits per heavy atom. The van der Waals surface area contributed by atoms with E-state index >= 15 is 0 Å². The molecule has 0 unspecified atom stereocenters. The molecule has 26 heavy (non-hydrogen) atoms. The Morgan fingerprint density at radius 1 is 0.615 bits per heavy atom. The Kier molecular flexibility index (Phi) is 5.90. The zero-order chi connectivity index (χ0) is 21.6. The molecule has 0 spiro atoms. The van der Waals surface area contributed by atoms with Crippen LogP contribution in [0.5, 0.6) is 0 Å². The minimum atomic E-state index is -7.99. The summed E-state index contributed by atoms with van der Waals surface area (Å²) < 4.78 is 156. The van der Waals surface area contributed by atoms with Crippen LogP contribution < -0.4 is 0 Å². The summed E-state index contributed by atoms with van der Waals surface area (Å²) >= 11 is 0. The molecule has 0 saturated carbocycles. The van der Waals surface area contributed by atoms with Gasteiger partial charge in [-0.3, -0.25) is 4.79 Å². The first-order valence-corrected chi connectivity index (χ1v) is 5.83. The van der Waals surface area contributed by atoms with E-state index in [1.165, 1.54) is 0 Å². The first-order chi connectivity index (χ1) is 11.1. The van der Waals surface area contributed by atoms with Crippen LogP contribution in [0.15, 0.2) is 0 Å². The van der Waals surface area contributed by atoms with Crippen LogP contribution in [0.25, 0.3) is 0 Å². The van der Waals surface area contributed by atoms with Gasteiger partial charge in [0.2, 0.25) is 0 Å². The third-order valence-electron chi connectivity index (χ3n) is 2.96. The highest BCUT2D eigenvalue weighted by atomic mass is 19.4. The van der Waals surface area contributed by atoms with E-state index in [-0.39, 0.29) is 0 Å². The summed E-state index contributed by atoms with van der Waals surface area (Å²) in [4.78, 5) is 19.8. The number of hydrogen-bond donors (Lipinski definition) is 2. The molecule has 0 amide bonds. The highest BCUT2D eigenvalue weighted by molar-refractivity contribution is 5.77. The van der Waals surface area contributed by atoms with Crippen molar-refractivity contribution in [1.29, 1.82) is 0 Å². The van der Waals surface area contributed by atoms with Gasteiger partial charge in [0.25, 0.3) is 0 Å². The molecule has 0 fully saturated rings. The summed E-state index contributed by atoms with van der Waals surface area (Å²) in [6, 6.07) is 0. The Bertz CT molecular complexity index is 570. The van der Waals surface area contributed by atoms with Gasteiger partial charge in [-0.25, -0.2) is 4.79 Å². The van der Waals surface area contributed by atoms with Gasteiger partial charge >= 0.3 is 47.5 Å². The van der Waals surface area contributed by atoms with Crippen LogP contribution in [0, 0.1) is 0 Å². The van der Waals surface area contributed by atoms with Gasteiger partial charge in [-0.05, 0) is 0 Å². The molecule has 0 aromatic rings. The number of alkyl halides is 12. The van der Waals surface area contributed by atoms with Gasteiger partial charge < -0.3 is 10.2 Å². The number of carboxylic acid groups (broad SMARTS) is 2. The second-order valence-electron chi connectivity index (χ2n) is 4.78. The van der Waals surface area contributed by atoms with Gasteiger partial charge in [0, 0.05) is 6.42 Å². The number of halogens is 12. The fourth-order valence-electron chi connectivity index (χ4n) is 1.38. The lowest BCUT2D eigenvalue weighted by molar-refractivity contribution is -0.421. The van der Waals surface area contributed by atoms with Gasteiger partial charge in [0.1, 0.15) is 0 Å². The van der Waals surface area contributed by atoms with Crippen LogP contribution in [0.2, 0.25) is 0 Å². The van der Waals surface area contributed by atoms with Crippen molar-refractivity contribution in [3.8, 4) is 0 Å². The quantitative estimate of drug-likeness (QED) is 0.560. The molecular formula is C10H6F12O4. The van der Waals surface area contributed by atoms with Gasteiger partial charge in [0.15, 0.2) is 0 Å². The molecule has 0 saturated heterocycles. The minimum absolute atomic E-state index is 2.01. The van der Waals surface area contributed by atoms with Crippen molar-refractivity contribution in [2.75, 3.05) is 0 Å². The number of rotatable bonds is 9. The zero-order valence-corrected chi connectivity index (χ0v) is 11.7. The first-order valence-electron chi connectivity index (χ1n) is 5.83. The summed E-state index contributed by atoms with van der Waals surface area (Å²) in [6.45, 7) is 0. The van der Waals surface area contributed by atoms with Crippen LogP contribution in [0.1, 0.15) is 12.8 Å². The van der Waals surface area contributed by atoms with E-state index in [0.29, 0.717) is 0 Å². The summed E-state index contributed by atoms with van der Waals surface area (Å²) in [5.74, 6) is -50.9. The van der Waals surface area contributed by atoms with Crippen LogP contribution >= 0.6 is 0 Å². The molecule has 0 heterocycles. The Hall–Kier alpha value is -1.90. The van der Waals surface area contributed by atoms with Crippen molar-refractivity contribution >= 4 is 11.9 Å². The van der Waals surface area contributed by atoms with Crippen LogP contribution in [-0.4, -0.2) is 57.7 Å². The molecular weight excluding hydrogens is 412 g/mol. The number of carbonyl (C=O) groups is 2. The largest absolute Gasteiger partial charge is 0.481 e. The number of aliphatic carboxylic acids is 2. The van der Waals surface area contributed by atoms with E-state index in [0.717, 1.165) is 0 Å². The topological polar surface area (TPSA) is 74.6 Å². The highest BCUT2D eigenvalue weighted by Crippen LogP contribution is 2.60. The monoisotopic (exact) mass is 418 g/mol. The lowest BCUT2D eigenvalue weighted by atomic mass is 9.90. The smallest absolute Gasteiger partial charge is 0.410 e. The zero-order valence-electron chi connectivity index (χ0n) is 11.7. The Balaban J connectivity index is 6.26. The predicted molar refractivity (Wildman–Crippen MR) is 54.2 cm³/mol. The highest BCUT2D eigenvalue weighted by Gasteiger charge is 2.91. The maximum Gasteiger partial charge on any atom is 0.410 e. The van der Waals surface area contributed by atoms with Crippen molar-refractivity contribution in [2.24, 2.45) is 0 Å². The molecule has 4 nitrogen and oxygen atoms in total. The Labute approximate surface area is 134 Å². The van der Waals surface area contributed by atoms with Crippen molar-refractivity contribution in [3.05, 3.63) is 0 Å². The molecule has 16 heteroatoms. The van der Waals surface area contributed by atoms with E-state index in [1.807, 2.05) is 0 Å². The summed E-state index contributed by atoms with van der Waals surface area (Å²) in [7, 11) is 0. The van der Waals surface area contributed by atoms with Crippen LogP contribution in [-0.2, 0) is 9.59 Å². The average Bonchev–Trinajstić information content (AvgIpc) is 2.43. The second kappa shape index (κ2) is 6.37. The van der Waals surface area contributed by atoms with Gasteiger partial charge in [0.05, 0.1) is 6.42 Å². The minimum Gasteiger partial charge on any atom is -0.481 e. The van der Waals surface area contributed by atoms with Gasteiger partial charge in [-0.2, -0.15) is 52.7 Å². The lowest BCUT2D eigenvalue weighted by Gasteiger charge is -2.40. The fraction of sp³-hybridized carbons (Fsp3) is 0.800. The molecule has 0 atom stereocenters. The maximum absolute atomic E-state index is 13.2. The van der Waals surface area contributed by atoms with Gasteiger partial charge in [-0.1, -0.05) is 0 Å². The van der Waals surface area contributed by atoms with E-state index in [1.54, 1.807) is 0 Å². The van der Waals surface area contributed by atoms with Gasteiger partial charge in [-0.15, -0.1) is 0 Å². The molecule has 0 aromatic heterocycles. The predicted octanol–water partition coefficient (Wildman–Crippen LogP) is 3.75. The first kappa shape index (κ1) is 24.1. The Morgan fingerprint density at radius 2 is 0.962 bits per heavy atom. The third kappa shape index (κ3) is 3.24. The van der Waals surface area contributed by atoms with Crippen molar-refractivity contribution in [1.82, 2.24) is 0 Å². The molecule has 0 radical (unpaired) electrons. The summed E-state index contributed by atoms with van der Waals surface area (Å²) in [5.41, 5.74) is 0. The maximum atomic E-state index is 13.2. The van der Waals surface area contributed by atoms with E-state index in [9.17, 15) is 62.3 Å². The fourth-order valence-corrected chi connectivity index (χ4v) is 1.38. The molecule has 0 aliphatic rings. The molecule has 2 N–H and O–H groups in total. The normalized spacial score (nSPS) is 15.1. The molecule has 154 valence electrons. The third-order valence-corrected chi connectivity index (χ3v) is 2.96. The van der Waals surface area contributed by atoms with Crippen LogP contribution in [0.3, 0.4) is 0 Å². The molecule has 0 aliphatic heterocycles. The molecule has 0 rings (SSSR count). The number of carboxylic acids is 2. The van der Waals surface area contributed by atoms with Crippen molar-refractivity contribution < 1.29 is 72.5 Å². The van der Waals surface area contributed by atoms with Crippen molar-refractivity contribution in [3.63, 3.8) is 0 Å². The van der Waals surface area contributed by atoms with E-state index < -0.39 is 60.3 Å². The lowest BCUT2D eigenvalue weighted by Crippen LogP contribution is -2.71. The van der Waals surface area contributed by atoms with E-state index in [2.05, 4.69) is 0 Å². The molecule has 0 aliphatic carbocycles. The average molecular weight is 418 g/mol. The standard InChI is InChI=1S/C10H6F12O4/c11-5(12,2-1-3(23)24)7(15,16)9(19,20)10(21,22)8(17,18)6(13,14)4(25)26/h1-2H2,(H,23,24)(H,25,26). The second-order valence-corrected chi connectivity index (χ2v) is 4.78. The summed E-state index contributed by atoms with van der Waals surface area (Å²) in [5, 5.41) is 15.7. The number of hydrogen-bond acceptors (Lipinski definition) is 2. The van der Waals surface area contributed by atoms with E-state index in [4.69, 9.17) is 10.2 Å². The molecule has 0 aromatic carbocycles. The SMILES string of the molecule is O=C(O)CCC(F)(F)C(F)(F)C(F)(F)C(F)(F)C(F)(F)C(F)(F)C(=O)O. The van der Waals surface area contributed by atoms with Crippen LogP contribution in [0.4, 0.5) is 52.7 Å².